The van der Waals surface area contributed by atoms with Crippen LogP contribution in [0, 0.1) is 0 Å². The lowest BCUT2D eigenvalue weighted by Gasteiger charge is -2.09. The molecule has 5 heteroatoms. The second-order valence-electron chi connectivity index (χ2n) is 2.85. The van der Waals surface area contributed by atoms with E-state index < -0.39 is 18.7 Å². The van der Waals surface area contributed by atoms with Gasteiger partial charge in [-0.25, -0.2) is 4.79 Å². The normalized spacial score (nSPS) is 11.9. The summed E-state index contributed by atoms with van der Waals surface area (Å²) in [4.78, 5) is 11.1. The summed E-state index contributed by atoms with van der Waals surface area (Å²) in [6, 6.07) is 0. The first kappa shape index (κ1) is 13.8. The molecule has 0 aliphatic carbocycles. The Morgan fingerprint density at radius 1 is 1.53 bits per heavy atom. The third kappa shape index (κ3) is 6.84. The number of esters is 1. The van der Waals surface area contributed by atoms with Gasteiger partial charge >= 0.3 is 5.97 Å². The van der Waals surface area contributed by atoms with Gasteiger partial charge in [-0.3, -0.25) is 0 Å². The molecule has 0 aliphatic heterocycles. The number of rotatable bonds is 8. The van der Waals surface area contributed by atoms with Crippen LogP contribution < -0.4 is 0 Å². The van der Waals surface area contributed by atoms with E-state index in [0.29, 0.717) is 6.61 Å². The van der Waals surface area contributed by atoms with E-state index in [4.69, 9.17) is 14.9 Å². The smallest absolute Gasteiger partial charge is 0.335 e. The molecule has 0 amide bonds. The van der Waals surface area contributed by atoms with Crippen molar-refractivity contribution in [3.63, 3.8) is 0 Å². The van der Waals surface area contributed by atoms with E-state index in [1.54, 1.807) is 0 Å². The van der Waals surface area contributed by atoms with Crippen molar-refractivity contribution < 1.29 is 24.5 Å². The summed E-state index contributed by atoms with van der Waals surface area (Å²) in [5.74, 6) is -0.647. The molecule has 0 aliphatic rings. The van der Waals surface area contributed by atoms with Gasteiger partial charge in [0.2, 0.25) is 0 Å². The maximum Gasteiger partial charge on any atom is 0.335 e. The van der Waals surface area contributed by atoms with Crippen LogP contribution in [0.4, 0.5) is 0 Å². The molecule has 0 fully saturated rings. The summed E-state index contributed by atoms with van der Waals surface area (Å²) in [6.45, 7) is 6.53. The minimum absolute atomic E-state index is 0.0171. The maximum absolute atomic E-state index is 11.1. The third-order valence-electron chi connectivity index (χ3n) is 1.49. The van der Waals surface area contributed by atoms with Crippen molar-refractivity contribution in [1.29, 1.82) is 0 Å². The van der Waals surface area contributed by atoms with Crippen LogP contribution in [0.15, 0.2) is 24.8 Å². The van der Waals surface area contributed by atoms with Crippen molar-refractivity contribution in [2.24, 2.45) is 0 Å². The highest BCUT2D eigenvalue weighted by Crippen LogP contribution is 2.05. The minimum Gasteiger partial charge on any atom is -0.435 e. The Morgan fingerprint density at radius 2 is 2.20 bits per heavy atom. The fourth-order valence-electron chi connectivity index (χ4n) is 0.761. The molecule has 0 aromatic rings. The molecule has 86 valence electrons. The predicted molar refractivity (Wildman–Crippen MR) is 54.0 cm³/mol. The van der Waals surface area contributed by atoms with Crippen molar-refractivity contribution in [2.75, 3.05) is 20.0 Å². The standard InChI is InChI=1S/C10H16O5/c1-3-4-14-7-15-10(13)8(2)5-9(12)6-11/h3,9,11-12H,1-2,4-7H2. The van der Waals surface area contributed by atoms with Crippen LogP contribution in [0.1, 0.15) is 6.42 Å². The molecule has 0 spiro atoms. The largest absolute Gasteiger partial charge is 0.435 e. The molecular formula is C10H16O5. The molecule has 1 atom stereocenters. The molecule has 0 saturated heterocycles. The summed E-state index contributed by atoms with van der Waals surface area (Å²) < 4.78 is 9.47. The van der Waals surface area contributed by atoms with Gasteiger partial charge in [0.25, 0.3) is 0 Å². The van der Waals surface area contributed by atoms with Gasteiger partial charge in [-0.05, 0) is 0 Å². The summed E-state index contributed by atoms with van der Waals surface area (Å²) in [7, 11) is 0. The molecule has 0 heterocycles. The Balaban J connectivity index is 3.69. The number of aliphatic hydroxyl groups is 2. The first-order valence-electron chi connectivity index (χ1n) is 4.44. The molecule has 1 unspecified atom stereocenters. The zero-order chi connectivity index (χ0) is 11.7. The summed E-state index contributed by atoms with van der Waals surface area (Å²) in [6.07, 6.45) is 0.522. The second kappa shape index (κ2) is 8.16. The summed E-state index contributed by atoms with van der Waals surface area (Å²) in [5, 5.41) is 17.6. The molecule has 0 radical (unpaired) electrons. The van der Waals surface area contributed by atoms with E-state index in [0.717, 1.165) is 0 Å². The van der Waals surface area contributed by atoms with E-state index in [9.17, 15) is 4.79 Å². The Morgan fingerprint density at radius 3 is 2.73 bits per heavy atom. The fraction of sp³-hybridized carbons (Fsp3) is 0.500. The number of carbonyl (C=O) groups excluding carboxylic acids is 1. The van der Waals surface area contributed by atoms with Crippen molar-refractivity contribution >= 4 is 5.97 Å². The topological polar surface area (TPSA) is 76.0 Å². The SMILES string of the molecule is C=CCOCOC(=O)C(=C)CC(O)CO. The molecule has 0 rings (SSSR count). The molecule has 0 bridgehead atoms. The predicted octanol–water partition coefficient (Wildman–Crippen LogP) is -0.0108. The number of ether oxygens (including phenoxy) is 2. The van der Waals surface area contributed by atoms with Crippen LogP contribution in [-0.4, -0.2) is 42.3 Å². The molecule has 5 nitrogen and oxygen atoms in total. The lowest BCUT2D eigenvalue weighted by Crippen LogP contribution is -2.18. The molecular weight excluding hydrogens is 200 g/mol. The Kier molecular flexibility index (Phi) is 7.53. The van der Waals surface area contributed by atoms with Crippen LogP contribution in [0.5, 0.6) is 0 Å². The van der Waals surface area contributed by atoms with Gasteiger partial charge in [0.1, 0.15) is 0 Å². The van der Waals surface area contributed by atoms with Gasteiger partial charge in [0.15, 0.2) is 6.79 Å². The first-order chi connectivity index (χ1) is 7.11. The van der Waals surface area contributed by atoms with Crippen LogP contribution in [-0.2, 0) is 14.3 Å². The van der Waals surface area contributed by atoms with Gasteiger partial charge in [-0.2, -0.15) is 0 Å². The zero-order valence-corrected chi connectivity index (χ0v) is 8.52. The van der Waals surface area contributed by atoms with Crippen LogP contribution >= 0.6 is 0 Å². The van der Waals surface area contributed by atoms with E-state index in [2.05, 4.69) is 17.9 Å². The first-order valence-corrected chi connectivity index (χ1v) is 4.44. The maximum atomic E-state index is 11.1. The minimum atomic E-state index is -0.987. The van der Waals surface area contributed by atoms with Crippen LogP contribution in [0.25, 0.3) is 0 Å². The lowest BCUT2D eigenvalue weighted by atomic mass is 10.1. The van der Waals surface area contributed by atoms with Gasteiger partial charge in [-0.1, -0.05) is 12.7 Å². The van der Waals surface area contributed by atoms with E-state index in [1.807, 2.05) is 0 Å². The van der Waals surface area contributed by atoms with Crippen molar-refractivity contribution in [1.82, 2.24) is 0 Å². The highest BCUT2D eigenvalue weighted by atomic mass is 16.7. The number of carbonyl (C=O) groups is 1. The summed E-state index contributed by atoms with van der Waals surface area (Å²) in [5.41, 5.74) is 0.0961. The average Bonchev–Trinajstić information content (AvgIpc) is 2.23. The van der Waals surface area contributed by atoms with E-state index >= 15 is 0 Å². The highest BCUT2D eigenvalue weighted by molar-refractivity contribution is 5.87. The van der Waals surface area contributed by atoms with E-state index in [1.165, 1.54) is 6.08 Å². The number of aliphatic hydroxyl groups excluding tert-OH is 2. The van der Waals surface area contributed by atoms with Gasteiger partial charge in [0.05, 0.1) is 19.3 Å². The number of hydrogen-bond donors (Lipinski definition) is 2. The van der Waals surface area contributed by atoms with Gasteiger partial charge in [-0.15, -0.1) is 6.58 Å². The third-order valence-corrected chi connectivity index (χ3v) is 1.49. The molecule has 15 heavy (non-hydrogen) atoms. The second-order valence-corrected chi connectivity index (χ2v) is 2.85. The quantitative estimate of drug-likeness (QED) is 0.196. The monoisotopic (exact) mass is 216 g/mol. The van der Waals surface area contributed by atoms with Crippen molar-refractivity contribution in [2.45, 2.75) is 12.5 Å². The lowest BCUT2D eigenvalue weighted by molar-refractivity contribution is -0.150. The summed E-state index contributed by atoms with van der Waals surface area (Å²) >= 11 is 0. The Hall–Kier alpha value is -1.17. The zero-order valence-electron chi connectivity index (χ0n) is 8.52. The van der Waals surface area contributed by atoms with Gasteiger partial charge < -0.3 is 19.7 Å². The Bertz CT molecular complexity index is 224. The van der Waals surface area contributed by atoms with Crippen molar-refractivity contribution in [3.8, 4) is 0 Å². The fourth-order valence-corrected chi connectivity index (χ4v) is 0.761. The van der Waals surface area contributed by atoms with Crippen LogP contribution in [0.2, 0.25) is 0 Å². The van der Waals surface area contributed by atoms with Gasteiger partial charge in [0, 0.05) is 12.0 Å². The van der Waals surface area contributed by atoms with Crippen LogP contribution in [0.3, 0.4) is 0 Å². The van der Waals surface area contributed by atoms with Crippen molar-refractivity contribution in [3.05, 3.63) is 24.8 Å². The number of hydrogen-bond acceptors (Lipinski definition) is 5. The Labute approximate surface area is 88.6 Å². The molecule has 0 aromatic carbocycles. The molecule has 0 aromatic heterocycles. The molecule has 0 saturated carbocycles. The highest BCUT2D eigenvalue weighted by Gasteiger charge is 2.12. The van der Waals surface area contributed by atoms with E-state index in [-0.39, 0.29) is 18.8 Å². The average molecular weight is 216 g/mol. The molecule has 2 N–H and O–H groups in total.